The van der Waals surface area contributed by atoms with Gasteiger partial charge < -0.3 is 0 Å². The second kappa shape index (κ2) is 4.55. The Kier molecular flexibility index (Phi) is 3.64. The van der Waals surface area contributed by atoms with Crippen LogP contribution in [-0.4, -0.2) is 0 Å². The van der Waals surface area contributed by atoms with Crippen molar-refractivity contribution in [2.24, 2.45) is 0 Å². The van der Waals surface area contributed by atoms with Crippen LogP contribution in [0, 0.1) is 0 Å². The van der Waals surface area contributed by atoms with Crippen LogP contribution in [-0.2, 0) is 12.8 Å². The van der Waals surface area contributed by atoms with Crippen LogP contribution in [0.15, 0.2) is 11.4 Å². The molecule has 0 saturated carbocycles. The van der Waals surface area contributed by atoms with Crippen molar-refractivity contribution in [2.45, 2.75) is 39.5 Å². The molecule has 0 nitrogen and oxygen atoms in total. The van der Waals surface area contributed by atoms with Crippen LogP contribution in [0.2, 0.25) is 0 Å². The van der Waals surface area contributed by atoms with Crippen molar-refractivity contribution in [3.05, 3.63) is 21.9 Å². The zero-order valence-corrected chi connectivity index (χ0v) is 8.21. The van der Waals surface area contributed by atoms with E-state index in [2.05, 4.69) is 25.3 Å². The highest BCUT2D eigenvalue weighted by molar-refractivity contribution is 7.10. The first-order valence-corrected chi connectivity index (χ1v) is 5.31. The minimum atomic E-state index is 1.20. The predicted molar refractivity (Wildman–Crippen MR) is 52.3 cm³/mol. The lowest BCUT2D eigenvalue weighted by atomic mass is 10.1. The van der Waals surface area contributed by atoms with Crippen LogP contribution >= 0.6 is 11.3 Å². The zero-order valence-electron chi connectivity index (χ0n) is 7.39. The van der Waals surface area contributed by atoms with Crippen LogP contribution in [0.4, 0.5) is 0 Å². The molecule has 0 spiro atoms. The summed E-state index contributed by atoms with van der Waals surface area (Å²) in [5.41, 5.74) is 1.56. The maximum Gasteiger partial charge on any atom is 0.00771 e. The summed E-state index contributed by atoms with van der Waals surface area (Å²) < 4.78 is 0. The molecule has 0 amide bonds. The molecule has 0 aliphatic heterocycles. The summed E-state index contributed by atoms with van der Waals surface area (Å²) in [5, 5.41) is 2.21. The standard InChI is InChI=1S/C10H16S/c1-3-5-6-10-9(4-2)7-8-11-10/h7-8H,3-6H2,1-2H3. The van der Waals surface area contributed by atoms with Gasteiger partial charge in [-0.25, -0.2) is 0 Å². The third kappa shape index (κ3) is 2.33. The van der Waals surface area contributed by atoms with Gasteiger partial charge in [0.25, 0.3) is 0 Å². The summed E-state index contributed by atoms with van der Waals surface area (Å²) in [6, 6.07) is 2.26. The van der Waals surface area contributed by atoms with E-state index in [4.69, 9.17) is 0 Å². The summed E-state index contributed by atoms with van der Waals surface area (Å²) >= 11 is 1.91. The Morgan fingerprint density at radius 3 is 2.82 bits per heavy atom. The van der Waals surface area contributed by atoms with Gasteiger partial charge in [-0.1, -0.05) is 20.3 Å². The lowest BCUT2D eigenvalue weighted by Gasteiger charge is -1.98. The summed E-state index contributed by atoms with van der Waals surface area (Å²) in [6.45, 7) is 4.48. The first kappa shape index (κ1) is 8.79. The molecule has 0 aromatic carbocycles. The van der Waals surface area contributed by atoms with Crippen molar-refractivity contribution in [3.63, 3.8) is 0 Å². The molecule has 62 valence electrons. The molecular weight excluding hydrogens is 152 g/mol. The Morgan fingerprint density at radius 2 is 2.18 bits per heavy atom. The number of unbranched alkanes of at least 4 members (excludes halogenated alkanes) is 1. The van der Waals surface area contributed by atoms with Gasteiger partial charge in [0.2, 0.25) is 0 Å². The van der Waals surface area contributed by atoms with Crippen molar-refractivity contribution < 1.29 is 0 Å². The molecule has 1 aromatic rings. The van der Waals surface area contributed by atoms with Gasteiger partial charge >= 0.3 is 0 Å². The molecule has 0 radical (unpaired) electrons. The molecule has 1 rings (SSSR count). The predicted octanol–water partition coefficient (Wildman–Crippen LogP) is 3.65. The maximum absolute atomic E-state index is 2.26. The second-order valence-corrected chi connectivity index (χ2v) is 3.83. The summed E-state index contributed by atoms with van der Waals surface area (Å²) in [5.74, 6) is 0. The maximum atomic E-state index is 2.26. The van der Waals surface area contributed by atoms with E-state index in [0.29, 0.717) is 0 Å². The molecule has 11 heavy (non-hydrogen) atoms. The fraction of sp³-hybridized carbons (Fsp3) is 0.600. The largest absolute Gasteiger partial charge is 0.149 e. The average Bonchev–Trinajstić information content (AvgIpc) is 2.47. The molecule has 0 bridgehead atoms. The van der Waals surface area contributed by atoms with Gasteiger partial charge in [0, 0.05) is 4.88 Å². The van der Waals surface area contributed by atoms with Gasteiger partial charge in [0.1, 0.15) is 0 Å². The van der Waals surface area contributed by atoms with Crippen molar-refractivity contribution in [3.8, 4) is 0 Å². The Hall–Kier alpha value is -0.300. The van der Waals surface area contributed by atoms with Crippen molar-refractivity contribution in [1.29, 1.82) is 0 Å². The molecule has 0 saturated heterocycles. The molecule has 1 aromatic heterocycles. The van der Waals surface area contributed by atoms with Gasteiger partial charge in [-0.3, -0.25) is 0 Å². The van der Waals surface area contributed by atoms with E-state index < -0.39 is 0 Å². The Morgan fingerprint density at radius 1 is 1.36 bits per heavy atom. The van der Waals surface area contributed by atoms with Crippen LogP contribution < -0.4 is 0 Å². The van der Waals surface area contributed by atoms with Crippen molar-refractivity contribution >= 4 is 11.3 Å². The number of aryl methyl sites for hydroxylation is 2. The number of thiophene rings is 1. The van der Waals surface area contributed by atoms with Gasteiger partial charge in [-0.2, -0.15) is 0 Å². The fourth-order valence-corrected chi connectivity index (χ4v) is 2.26. The van der Waals surface area contributed by atoms with Crippen molar-refractivity contribution in [2.75, 3.05) is 0 Å². The number of hydrogen-bond donors (Lipinski definition) is 0. The number of hydrogen-bond acceptors (Lipinski definition) is 1. The van der Waals surface area contributed by atoms with Crippen LogP contribution in [0.3, 0.4) is 0 Å². The molecule has 0 atom stereocenters. The average molecular weight is 168 g/mol. The van der Waals surface area contributed by atoms with E-state index in [1.807, 2.05) is 11.3 Å². The summed E-state index contributed by atoms with van der Waals surface area (Å²) in [7, 11) is 0. The van der Waals surface area contributed by atoms with E-state index in [-0.39, 0.29) is 0 Å². The van der Waals surface area contributed by atoms with E-state index >= 15 is 0 Å². The SMILES string of the molecule is CCCCc1sccc1CC. The third-order valence-electron chi connectivity index (χ3n) is 1.98. The first-order chi connectivity index (χ1) is 5.38. The lowest BCUT2D eigenvalue weighted by molar-refractivity contribution is 0.798. The minimum Gasteiger partial charge on any atom is -0.149 e. The van der Waals surface area contributed by atoms with Crippen LogP contribution in [0.25, 0.3) is 0 Å². The molecular formula is C10H16S. The highest BCUT2D eigenvalue weighted by Gasteiger charge is 2.00. The number of rotatable bonds is 4. The minimum absolute atomic E-state index is 1.20. The Balaban J connectivity index is 2.54. The highest BCUT2D eigenvalue weighted by Crippen LogP contribution is 2.19. The van der Waals surface area contributed by atoms with E-state index in [9.17, 15) is 0 Å². The molecule has 0 aliphatic carbocycles. The summed E-state index contributed by atoms with van der Waals surface area (Å²) in [6.07, 6.45) is 5.13. The summed E-state index contributed by atoms with van der Waals surface area (Å²) in [4.78, 5) is 1.61. The van der Waals surface area contributed by atoms with Gasteiger partial charge in [0.05, 0.1) is 0 Å². The third-order valence-corrected chi connectivity index (χ3v) is 3.00. The smallest absolute Gasteiger partial charge is 0.00771 e. The van der Waals surface area contributed by atoms with E-state index in [0.717, 1.165) is 0 Å². The molecule has 0 unspecified atom stereocenters. The van der Waals surface area contributed by atoms with Gasteiger partial charge in [-0.05, 0) is 36.3 Å². The van der Waals surface area contributed by atoms with Crippen LogP contribution in [0.5, 0.6) is 0 Å². The van der Waals surface area contributed by atoms with Crippen molar-refractivity contribution in [1.82, 2.24) is 0 Å². The quantitative estimate of drug-likeness (QED) is 0.643. The Bertz CT molecular complexity index is 200. The lowest BCUT2D eigenvalue weighted by Crippen LogP contribution is -1.85. The van der Waals surface area contributed by atoms with Crippen LogP contribution in [0.1, 0.15) is 37.1 Å². The highest BCUT2D eigenvalue weighted by atomic mass is 32.1. The van der Waals surface area contributed by atoms with Gasteiger partial charge in [0.15, 0.2) is 0 Å². The van der Waals surface area contributed by atoms with E-state index in [1.165, 1.54) is 25.7 Å². The molecule has 0 fully saturated rings. The fourth-order valence-electron chi connectivity index (χ4n) is 1.24. The Labute approximate surface area is 73.3 Å². The first-order valence-electron chi connectivity index (χ1n) is 4.43. The normalized spacial score (nSPS) is 10.4. The second-order valence-electron chi connectivity index (χ2n) is 2.83. The van der Waals surface area contributed by atoms with Gasteiger partial charge in [-0.15, -0.1) is 11.3 Å². The molecule has 1 heterocycles. The van der Waals surface area contributed by atoms with E-state index in [1.54, 1.807) is 10.4 Å². The molecule has 1 heteroatoms. The monoisotopic (exact) mass is 168 g/mol. The molecule has 0 aliphatic rings. The topological polar surface area (TPSA) is 0 Å². The zero-order chi connectivity index (χ0) is 8.10. The molecule has 0 N–H and O–H groups in total.